The van der Waals surface area contributed by atoms with E-state index >= 15 is 0 Å². The van der Waals surface area contributed by atoms with Crippen LogP contribution in [-0.2, 0) is 17.8 Å². The number of rotatable bonds is 7. The number of hydrogen-bond donors (Lipinski definition) is 3. The van der Waals surface area contributed by atoms with Gasteiger partial charge in [-0.2, -0.15) is 0 Å². The summed E-state index contributed by atoms with van der Waals surface area (Å²) in [7, 11) is 0. The maximum atomic E-state index is 13.1. The minimum atomic E-state index is -0.528. The van der Waals surface area contributed by atoms with E-state index in [2.05, 4.69) is 20.9 Å². The molecule has 156 valence electrons. The molecule has 0 unspecified atom stereocenters. The molecule has 0 aliphatic carbocycles. The van der Waals surface area contributed by atoms with E-state index in [0.29, 0.717) is 45.7 Å². The van der Waals surface area contributed by atoms with Crippen LogP contribution in [-0.4, -0.2) is 65.2 Å². The Bertz CT molecular complexity index is 823. The number of imidazole rings is 1. The third kappa shape index (κ3) is 5.54. The van der Waals surface area contributed by atoms with Crippen LogP contribution in [0.15, 0.2) is 36.8 Å². The lowest BCUT2D eigenvalue weighted by Crippen LogP contribution is -2.61. The zero-order valence-electron chi connectivity index (χ0n) is 16.5. The molecule has 0 saturated carbocycles. The fourth-order valence-corrected chi connectivity index (χ4v) is 3.35. The minimum absolute atomic E-state index is 0.173. The van der Waals surface area contributed by atoms with Crippen molar-refractivity contribution in [2.75, 3.05) is 32.7 Å². The summed E-state index contributed by atoms with van der Waals surface area (Å²) < 4.78 is 15.0. The summed E-state index contributed by atoms with van der Waals surface area (Å²) in [6, 6.07) is 5.61. The third-order valence-electron chi connectivity index (χ3n) is 4.88. The maximum absolute atomic E-state index is 13.1. The van der Waals surface area contributed by atoms with E-state index < -0.39 is 6.04 Å². The average molecular weight is 402 g/mol. The van der Waals surface area contributed by atoms with Crippen LogP contribution < -0.4 is 16.0 Å². The zero-order chi connectivity index (χ0) is 20.6. The van der Waals surface area contributed by atoms with E-state index in [9.17, 15) is 14.0 Å². The SMILES string of the molecule is CCNC(=O)N1CCNC[C@@H]1C(=O)NCCc1cncn1Cc1ccc(F)cc1. The standard InChI is InChI=1S/C20H27FN6O2/c1-2-24-20(29)27-10-9-22-12-18(27)19(28)25-8-7-17-11-23-14-26(17)13-15-3-5-16(21)6-4-15/h3-6,11,14,18,22H,2,7-10,12-13H2,1H3,(H,24,29)(H,25,28)/t18-/m1/s1. The van der Waals surface area contributed by atoms with Crippen LogP contribution in [0.2, 0.25) is 0 Å². The summed E-state index contributed by atoms with van der Waals surface area (Å²) >= 11 is 0. The molecule has 0 bridgehead atoms. The van der Waals surface area contributed by atoms with Crippen molar-refractivity contribution in [3.63, 3.8) is 0 Å². The molecular weight excluding hydrogens is 375 g/mol. The Labute approximate surface area is 169 Å². The molecule has 1 aromatic heterocycles. The Hall–Kier alpha value is -2.94. The summed E-state index contributed by atoms with van der Waals surface area (Å²) in [4.78, 5) is 30.6. The number of nitrogens with zero attached hydrogens (tertiary/aromatic N) is 3. The van der Waals surface area contributed by atoms with Crippen molar-refractivity contribution in [2.24, 2.45) is 0 Å². The molecule has 29 heavy (non-hydrogen) atoms. The number of carbonyl (C=O) groups excluding carboxylic acids is 2. The molecule has 0 radical (unpaired) electrons. The molecule has 2 heterocycles. The van der Waals surface area contributed by atoms with E-state index in [4.69, 9.17) is 0 Å². The highest BCUT2D eigenvalue weighted by Gasteiger charge is 2.31. The maximum Gasteiger partial charge on any atom is 0.318 e. The highest BCUT2D eigenvalue weighted by Crippen LogP contribution is 2.09. The van der Waals surface area contributed by atoms with E-state index in [1.165, 1.54) is 12.1 Å². The first-order chi connectivity index (χ1) is 14.1. The number of hydrogen-bond acceptors (Lipinski definition) is 4. The molecule has 2 aromatic rings. The lowest BCUT2D eigenvalue weighted by molar-refractivity contribution is -0.125. The largest absolute Gasteiger partial charge is 0.354 e. The van der Waals surface area contributed by atoms with Gasteiger partial charge in [-0.1, -0.05) is 12.1 Å². The second-order valence-electron chi connectivity index (χ2n) is 6.93. The number of carbonyl (C=O) groups is 2. The molecule has 0 spiro atoms. The highest BCUT2D eigenvalue weighted by molar-refractivity contribution is 5.87. The Kier molecular flexibility index (Phi) is 7.18. The van der Waals surface area contributed by atoms with E-state index in [0.717, 1.165) is 11.3 Å². The van der Waals surface area contributed by atoms with Crippen molar-refractivity contribution in [2.45, 2.75) is 25.9 Å². The molecule has 9 heteroatoms. The average Bonchev–Trinajstić information content (AvgIpc) is 3.16. The van der Waals surface area contributed by atoms with Gasteiger partial charge in [0.25, 0.3) is 0 Å². The molecule has 1 fully saturated rings. The fraction of sp³-hybridized carbons (Fsp3) is 0.450. The molecule has 3 rings (SSSR count). The highest BCUT2D eigenvalue weighted by atomic mass is 19.1. The molecule has 3 N–H and O–H groups in total. The number of nitrogens with one attached hydrogen (secondary N) is 3. The predicted molar refractivity (Wildman–Crippen MR) is 107 cm³/mol. The Morgan fingerprint density at radius 1 is 1.28 bits per heavy atom. The van der Waals surface area contributed by atoms with Gasteiger partial charge in [0, 0.05) is 57.6 Å². The first kappa shape index (κ1) is 20.8. The molecule has 8 nitrogen and oxygen atoms in total. The van der Waals surface area contributed by atoms with Gasteiger partial charge in [-0.3, -0.25) is 4.79 Å². The van der Waals surface area contributed by atoms with Crippen LogP contribution in [0.5, 0.6) is 0 Å². The van der Waals surface area contributed by atoms with Crippen molar-refractivity contribution in [1.29, 1.82) is 0 Å². The molecule has 1 aromatic carbocycles. The normalized spacial score (nSPS) is 16.5. The van der Waals surface area contributed by atoms with Gasteiger partial charge in [-0.05, 0) is 24.6 Å². The van der Waals surface area contributed by atoms with Crippen molar-refractivity contribution >= 4 is 11.9 Å². The predicted octanol–water partition coefficient (Wildman–Crippen LogP) is 0.733. The quantitative estimate of drug-likeness (QED) is 0.637. The van der Waals surface area contributed by atoms with Crippen LogP contribution in [0.1, 0.15) is 18.2 Å². The van der Waals surface area contributed by atoms with Crippen LogP contribution in [0.25, 0.3) is 0 Å². The topological polar surface area (TPSA) is 91.3 Å². The molecule has 1 atom stereocenters. The Balaban J connectivity index is 1.53. The number of amides is 3. The lowest BCUT2D eigenvalue weighted by Gasteiger charge is -2.35. The number of piperazine rings is 1. The summed E-state index contributed by atoms with van der Waals surface area (Å²) in [5.74, 6) is -0.436. The van der Waals surface area contributed by atoms with Gasteiger partial charge >= 0.3 is 6.03 Å². The zero-order valence-corrected chi connectivity index (χ0v) is 16.5. The minimum Gasteiger partial charge on any atom is -0.354 e. The van der Waals surface area contributed by atoms with Crippen LogP contribution in [0, 0.1) is 5.82 Å². The van der Waals surface area contributed by atoms with Gasteiger partial charge in [0.1, 0.15) is 11.9 Å². The van der Waals surface area contributed by atoms with Crippen molar-refractivity contribution in [3.05, 3.63) is 53.9 Å². The van der Waals surface area contributed by atoms with Crippen molar-refractivity contribution < 1.29 is 14.0 Å². The first-order valence-electron chi connectivity index (χ1n) is 9.85. The van der Waals surface area contributed by atoms with Gasteiger partial charge in [-0.15, -0.1) is 0 Å². The summed E-state index contributed by atoms with van der Waals surface area (Å²) in [6.07, 6.45) is 4.09. The second-order valence-corrected chi connectivity index (χ2v) is 6.93. The number of benzene rings is 1. The molecule has 1 saturated heterocycles. The van der Waals surface area contributed by atoms with Gasteiger partial charge in [0.05, 0.1) is 6.33 Å². The Morgan fingerprint density at radius 3 is 2.83 bits per heavy atom. The second kappa shape index (κ2) is 10.0. The van der Waals surface area contributed by atoms with E-state index in [-0.39, 0.29) is 17.8 Å². The number of halogens is 1. The lowest BCUT2D eigenvalue weighted by atomic mass is 10.1. The molecule has 3 amide bonds. The van der Waals surface area contributed by atoms with Crippen LogP contribution in [0.3, 0.4) is 0 Å². The van der Waals surface area contributed by atoms with E-state index in [1.807, 2.05) is 11.5 Å². The molecule has 1 aliphatic rings. The summed E-state index contributed by atoms with van der Waals surface area (Å²) in [5, 5.41) is 8.85. The monoisotopic (exact) mass is 402 g/mol. The van der Waals surface area contributed by atoms with Gasteiger partial charge in [-0.25, -0.2) is 14.2 Å². The van der Waals surface area contributed by atoms with Crippen molar-refractivity contribution in [1.82, 2.24) is 30.4 Å². The van der Waals surface area contributed by atoms with Crippen LogP contribution >= 0.6 is 0 Å². The van der Waals surface area contributed by atoms with Gasteiger partial charge < -0.3 is 25.4 Å². The third-order valence-corrected chi connectivity index (χ3v) is 4.88. The van der Waals surface area contributed by atoms with Crippen molar-refractivity contribution in [3.8, 4) is 0 Å². The van der Waals surface area contributed by atoms with Gasteiger partial charge in [0.15, 0.2) is 0 Å². The van der Waals surface area contributed by atoms with E-state index in [1.54, 1.807) is 29.6 Å². The number of aromatic nitrogens is 2. The number of urea groups is 1. The summed E-state index contributed by atoms with van der Waals surface area (Å²) in [6.45, 7) is 5.00. The Morgan fingerprint density at radius 2 is 2.07 bits per heavy atom. The molecule has 1 aliphatic heterocycles. The summed E-state index contributed by atoms with van der Waals surface area (Å²) in [5.41, 5.74) is 1.94. The first-order valence-corrected chi connectivity index (χ1v) is 9.85. The smallest absolute Gasteiger partial charge is 0.318 e. The molecular formula is C20H27FN6O2. The van der Waals surface area contributed by atoms with Gasteiger partial charge in [0.2, 0.25) is 5.91 Å². The van der Waals surface area contributed by atoms with Crippen LogP contribution in [0.4, 0.5) is 9.18 Å². The fourth-order valence-electron chi connectivity index (χ4n) is 3.35.